The third-order valence-corrected chi connectivity index (χ3v) is 9.92. The number of nitrogens with zero attached hydrogens (tertiary/aromatic N) is 2. The lowest BCUT2D eigenvalue weighted by Gasteiger charge is -2.43. The Morgan fingerprint density at radius 3 is 2.56 bits per heavy atom. The number of phenols is 1. The van der Waals surface area contributed by atoms with Gasteiger partial charge in [0.25, 0.3) is 0 Å². The van der Waals surface area contributed by atoms with Crippen LogP contribution in [0.25, 0.3) is 22.4 Å². The fourth-order valence-corrected chi connectivity index (χ4v) is 7.81. The van der Waals surface area contributed by atoms with Crippen LogP contribution in [0.1, 0.15) is 56.2 Å². The van der Waals surface area contributed by atoms with Gasteiger partial charge in [0, 0.05) is 31.7 Å². The fraction of sp³-hybridized carbons (Fsp3) is 0.405. The summed E-state index contributed by atoms with van der Waals surface area (Å²) in [6, 6.07) is 17.0. The molecule has 0 bridgehead atoms. The molecule has 2 saturated heterocycles. The number of benzene rings is 2. The number of carbonyl (C=O) groups is 3. The van der Waals surface area contributed by atoms with Gasteiger partial charge in [-0.1, -0.05) is 42.8 Å². The molecule has 0 spiro atoms. The number of aromatic nitrogens is 1. The smallest absolute Gasteiger partial charge is 0.455 e. The second-order valence-electron chi connectivity index (χ2n) is 12.9. The Morgan fingerprint density at radius 1 is 1.02 bits per heavy atom. The van der Waals surface area contributed by atoms with Gasteiger partial charge in [-0.15, -0.1) is 0 Å². The van der Waals surface area contributed by atoms with Gasteiger partial charge in [0.15, 0.2) is 0 Å². The van der Waals surface area contributed by atoms with E-state index in [-0.39, 0.29) is 42.8 Å². The van der Waals surface area contributed by atoms with Crippen LogP contribution < -0.4 is 0 Å². The molecule has 1 aliphatic carbocycles. The Hall–Kier alpha value is -4.32. The number of imide groups is 1. The number of aliphatic carboxylic acids is 1. The molecule has 2 amide bonds. The van der Waals surface area contributed by atoms with Crippen LogP contribution in [0.5, 0.6) is 5.75 Å². The SMILES string of the molecule is COCC1=C2[C@@H](CC/C(=C/c3ccc(O)c4ccccc34)c3ccccn3)OB(O)C[C@@H]2[C@@H]2C(=O)N(CCCCCC(=O)O)C(=O)[C@@H]2C1. The van der Waals surface area contributed by atoms with E-state index in [9.17, 15) is 24.5 Å². The van der Waals surface area contributed by atoms with Crippen molar-refractivity contribution >= 4 is 47.3 Å². The van der Waals surface area contributed by atoms with Crippen LogP contribution in [0.4, 0.5) is 0 Å². The van der Waals surface area contributed by atoms with Gasteiger partial charge in [-0.25, -0.2) is 0 Å². The van der Waals surface area contributed by atoms with E-state index in [2.05, 4.69) is 11.1 Å². The van der Waals surface area contributed by atoms with E-state index in [0.717, 1.165) is 38.7 Å². The minimum atomic E-state index is -1.09. The van der Waals surface area contributed by atoms with Gasteiger partial charge in [-0.2, -0.15) is 0 Å². The first-order valence-corrected chi connectivity index (χ1v) is 16.7. The Balaban J connectivity index is 1.28. The number of aromatic hydroxyl groups is 1. The Morgan fingerprint density at radius 2 is 1.81 bits per heavy atom. The number of carboxylic acids is 1. The summed E-state index contributed by atoms with van der Waals surface area (Å²) in [5.74, 6) is -2.53. The number of allylic oxidation sites excluding steroid dienone is 1. The first-order chi connectivity index (χ1) is 23.3. The molecule has 0 radical (unpaired) electrons. The van der Waals surface area contributed by atoms with Crippen molar-refractivity contribution in [3.8, 4) is 5.75 Å². The summed E-state index contributed by atoms with van der Waals surface area (Å²) in [6.07, 6.45) is 6.70. The van der Waals surface area contributed by atoms with Crippen molar-refractivity contribution in [2.24, 2.45) is 17.8 Å². The molecule has 0 unspecified atom stereocenters. The van der Waals surface area contributed by atoms with E-state index in [0.29, 0.717) is 45.1 Å². The molecule has 2 fully saturated rings. The molecule has 250 valence electrons. The van der Waals surface area contributed by atoms with Crippen LogP contribution >= 0.6 is 0 Å². The highest BCUT2D eigenvalue weighted by Crippen LogP contribution is 2.51. The normalized spacial score (nSPS) is 22.8. The fourth-order valence-electron chi connectivity index (χ4n) is 7.81. The summed E-state index contributed by atoms with van der Waals surface area (Å²) >= 11 is 0. The molecule has 2 aromatic carbocycles. The third-order valence-electron chi connectivity index (χ3n) is 9.92. The number of likely N-dealkylation sites (tertiary alicyclic amines) is 1. The van der Waals surface area contributed by atoms with Crippen molar-refractivity contribution in [2.45, 2.75) is 57.4 Å². The van der Waals surface area contributed by atoms with Crippen molar-refractivity contribution in [2.75, 3.05) is 20.3 Å². The summed E-state index contributed by atoms with van der Waals surface area (Å²) in [5.41, 5.74) is 4.58. The first kappa shape index (κ1) is 33.6. The van der Waals surface area contributed by atoms with E-state index in [1.165, 1.54) is 4.90 Å². The van der Waals surface area contributed by atoms with Crippen molar-refractivity contribution in [3.05, 3.63) is 83.2 Å². The summed E-state index contributed by atoms with van der Waals surface area (Å²) in [6.45, 7) is 0.558. The lowest BCUT2D eigenvalue weighted by Crippen LogP contribution is -2.46. The van der Waals surface area contributed by atoms with Gasteiger partial charge >= 0.3 is 13.1 Å². The predicted molar refractivity (Wildman–Crippen MR) is 181 cm³/mol. The molecule has 11 heteroatoms. The summed E-state index contributed by atoms with van der Waals surface area (Å²) in [7, 11) is 0.513. The second kappa shape index (κ2) is 14.8. The number of carbonyl (C=O) groups excluding carboxylic acids is 2. The van der Waals surface area contributed by atoms with Gasteiger partial charge < -0.3 is 24.6 Å². The maximum atomic E-state index is 13.8. The number of phenolic OH excluding ortho intramolecular Hbond substituents is 1. The van der Waals surface area contributed by atoms with E-state index < -0.39 is 31.0 Å². The minimum absolute atomic E-state index is 0.0604. The first-order valence-electron chi connectivity index (χ1n) is 16.7. The maximum absolute atomic E-state index is 13.8. The number of hydrogen-bond donors (Lipinski definition) is 3. The van der Waals surface area contributed by atoms with E-state index in [1.807, 2.05) is 48.5 Å². The Bertz CT molecular complexity index is 1740. The van der Waals surface area contributed by atoms with Crippen molar-refractivity contribution in [1.29, 1.82) is 0 Å². The molecular weight excluding hydrogens is 611 g/mol. The van der Waals surface area contributed by atoms with Gasteiger partial charge in [0.05, 0.1) is 30.2 Å². The monoisotopic (exact) mass is 652 g/mol. The summed E-state index contributed by atoms with van der Waals surface area (Å²) < 4.78 is 11.8. The average molecular weight is 653 g/mol. The highest BCUT2D eigenvalue weighted by molar-refractivity contribution is 6.43. The lowest BCUT2D eigenvalue weighted by atomic mass is 9.58. The van der Waals surface area contributed by atoms with Crippen LogP contribution in [0.3, 0.4) is 0 Å². The number of carboxylic acid groups (broad SMARTS) is 1. The van der Waals surface area contributed by atoms with Gasteiger partial charge in [0.2, 0.25) is 11.8 Å². The average Bonchev–Trinajstić information content (AvgIpc) is 3.32. The molecule has 10 nitrogen and oxygen atoms in total. The molecular formula is C37H41BN2O8. The van der Waals surface area contributed by atoms with Crippen LogP contribution in [-0.4, -0.2) is 76.4 Å². The number of unbranched alkanes of at least 4 members (excludes halogenated alkanes) is 2. The van der Waals surface area contributed by atoms with E-state index in [1.54, 1.807) is 19.4 Å². The summed E-state index contributed by atoms with van der Waals surface area (Å²) in [4.78, 5) is 44.3. The van der Waals surface area contributed by atoms with Crippen LogP contribution in [0, 0.1) is 17.8 Å². The molecule has 3 heterocycles. The van der Waals surface area contributed by atoms with Crippen LogP contribution in [0.15, 0.2) is 71.9 Å². The van der Waals surface area contributed by atoms with Crippen LogP contribution in [-0.2, 0) is 23.8 Å². The molecule has 3 aliphatic rings. The number of methoxy groups -OCH3 is 1. The molecule has 1 aromatic heterocycles. The van der Waals surface area contributed by atoms with Crippen molar-refractivity contribution < 1.29 is 39.0 Å². The number of pyridine rings is 1. The topological polar surface area (TPSA) is 146 Å². The lowest BCUT2D eigenvalue weighted by molar-refractivity contribution is -0.141. The molecule has 3 aromatic rings. The largest absolute Gasteiger partial charge is 0.507 e. The van der Waals surface area contributed by atoms with Gasteiger partial charge in [-0.05, 0) is 96.3 Å². The Labute approximate surface area is 280 Å². The molecule has 0 saturated carbocycles. The Kier molecular flexibility index (Phi) is 10.4. The van der Waals surface area contributed by atoms with Gasteiger partial charge in [-0.3, -0.25) is 24.3 Å². The molecule has 3 N–H and O–H groups in total. The zero-order valence-corrected chi connectivity index (χ0v) is 27.1. The highest BCUT2D eigenvalue weighted by Gasteiger charge is 2.57. The van der Waals surface area contributed by atoms with E-state index >= 15 is 0 Å². The van der Waals surface area contributed by atoms with Gasteiger partial charge in [0.1, 0.15) is 5.75 Å². The standard InChI is InChI=1S/C37H41BN2O8/c1-47-22-25-20-28-35(37(45)40(36(28)44)18-8-2-3-12-33(42)43)29-21-38(46)48-32(34(25)29)16-14-24(30-11-6-7-17-39-30)19-23-13-15-31(41)27-10-5-4-9-26(23)27/h4-7,9-11,13,15,17,19,28-29,32,35,41,46H,2-3,8,12,14,16,18,20-22H2,1H3,(H,42,43)/b24-19-/t28-,29+,32-,35-/m1/s1. The van der Waals surface area contributed by atoms with E-state index in [4.69, 9.17) is 14.5 Å². The summed E-state index contributed by atoms with van der Waals surface area (Å²) in [5, 5.41) is 32.1. The third kappa shape index (κ3) is 6.94. The van der Waals surface area contributed by atoms with Crippen molar-refractivity contribution in [1.82, 2.24) is 9.88 Å². The molecule has 2 aliphatic heterocycles. The van der Waals surface area contributed by atoms with Crippen molar-refractivity contribution in [3.63, 3.8) is 0 Å². The zero-order valence-electron chi connectivity index (χ0n) is 27.1. The highest BCUT2D eigenvalue weighted by atomic mass is 16.5. The molecule has 6 rings (SSSR count). The molecule has 48 heavy (non-hydrogen) atoms. The zero-order chi connectivity index (χ0) is 33.8. The maximum Gasteiger partial charge on any atom is 0.455 e. The number of fused-ring (bicyclic) bond motifs is 4. The number of hydrogen-bond acceptors (Lipinski definition) is 8. The number of ether oxygens (including phenoxy) is 1. The second-order valence-corrected chi connectivity index (χ2v) is 12.9. The number of rotatable bonds is 13. The molecule has 4 atom stereocenters. The number of amides is 2. The minimum Gasteiger partial charge on any atom is -0.507 e. The van der Waals surface area contributed by atoms with Crippen LogP contribution in [0.2, 0.25) is 6.32 Å². The quantitative estimate of drug-likeness (QED) is 0.0963. The predicted octanol–water partition coefficient (Wildman–Crippen LogP) is 5.35.